The van der Waals surface area contributed by atoms with Crippen molar-refractivity contribution in [1.29, 1.82) is 5.26 Å². The number of rotatable bonds is 3. The van der Waals surface area contributed by atoms with E-state index < -0.39 is 10.0 Å². The van der Waals surface area contributed by atoms with Crippen LogP contribution < -0.4 is 4.74 Å². The molecule has 0 atom stereocenters. The largest absolute Gasteiger partial charge is 0.457 e. The van der Waals surface area contributed by atoms with Crippen molar-refractivity contribution in [3.05, 3.63) is 58.6 Å². The van der Waals surface area contributed by atoms with Gasteiger partial charge in [-0.2, -0.15) is 5.26 Å². The van der Waals surface area contributed by atoms with Crippen molar-refractivity contribution in [3.63, 3.8) is 0 Å². The highest BCUT2D eigenvalue weighted by atomic mass is 35.5. The van der Waals surface area contributed by atoms with Gasteiger partial charge in [0.05, 0.1) is 21.8 Å². The van der Waals surface area contributed by atoms with Crippen LogP contribution in [0.5, 0.6) is 11.5 Å². The molecule has 8 heteroatoms. The fourth-order valence-electron chi connectivity index (χ4n) is 4.94. The molecule has 2 bridgehead atoms. The van der Waals surface area contributed by atoms with Gasteiger partial charge in [-0.3, -0.25) is 0 Å². The van der Waals surface area contributed by atoms with Crippen LogP contribution in [0.15, 0.2) is 46.9 Å². The van der Waals surface area contributed by atoms with Gasteiger partial charge in [-0.05, 0) is 55.5 Å². The molecule has 1 aliphatic carbocycles. The maximum absolute atomic E-state index is 12.2. The molecular formula is C22H20ClN3O3S. The predicted molar refractivity (Wildman–Crippen MR) is 115 cm³/mol. The third kappa shape index (κ3) is 3.15. The van der Waals surface area contributed by atoms with Gasteiger partial charge >= 0.3 is 0 Å². The van der Waals surface area contributed by atoms with Crippen molar-refractivity contribution < 1.29 is 13.2 Å². The standard InChI is InChI=1S/C22H20ClN3O3S/c23-20-13-19(4-1-15(20)14-24)29-18-5-2-16(3-6-18)22-9-7-17(8-10-22)26-11-12-30(27,28)25-21(22)26/h1-6,13,17H,7-12H2. The summed E-state index contributed by atoms with van der Waals surface area (Å²) in [7, 11) is -3.39. The van der Waals surface area contributed by atoms with Gasteiger partial charge in [-0.25, -0.2) is 8.42 Å². The van der Waals surface area contributed by atoms with E-state index in [0.717, 1.165) is 37.1 Å². The van der Waals surface area contributed by atoms with Crippen LogP contribution in [0, 0.1) is 11.3 Å². The minimum Gasteiger partial charge on any atom is -0.457 e. The highest BCUT2D eigenvalue weighted by Gasteiger charge is 2.52. The molecule has 0 amide bonds. The van der Waals surface area contributed by atoms with E-state index in [4.69, 9.17) is 21.6 Å². The van der Waals surface area contributed by atoms with Crippen LogP contribution in [-0.4, -0.2) is 37.5 Å². The molecule has 154 valence electrons. The molecule has 30 heavy (non-hydrogen) atoms. The molecule has 1 saturated carbocycles. The van der Waals surface area contributed by atoms with Crippen LogP contribution in [0.1, 0.15) is 36.8 Å². The van der Waals surface area contributed by atoms with E-state index in [1.807, 2.05) is 30.3 Å². The summed E-state index contributed by atoms with van der Waals surface area (Å²) in [5.41, 5.74) is 1.13. The Morgan fingerprint density at radius 1 is 1.13 bits per heavy atom. The fourth-order valence-corrected chi connectivity index (χ4v) is 6.22. The number of sulfonamides is 1. The fraction of sp³-hybridized carbons (Fsp3) is 0.364. The van der Waals surface area contributed by atoms with Crippen molar-refractivity contribution in [2.24, 2.45) is 4.40 Å². The Labute approximate surface area is 180 Å². The number of ether oxygens (including phenoxy) is 1. The van der Waals surface area contributed by atoms with E-state index in [1.54, 1.807) is 18.2 Å². The molecule has 2 aromatic carbocycles. The molecule has 0 radical (unpaired) electrons. The molecule has 0 unspecified atom stereocenters. The number of piperidine rings is 2. The molecule has 6 nitrogen and oxygen atoms in total. The van der Waals surface area contributed by atoms with Gasteiger partial charge in [0.1, 0.15) is 23.4 Å². The van der Waals surface area contributed by atoms with Gasteiger partial charge in [0.2, 0.25) is 0 Å². The maximum atomic E-state index is 12.2. The third-order valence-corrected chi connectivity index (χ3v) is 7.93. The average molecular weight is 442 g/mol. The molecule has 2 aromatic rings. The van der Waals surface area contributed by atoms with Crippen LogP contribution >= 0.6 is 11.6 Å². The topological polar surface area (TPSA) is 82.8 Å². The van der Waals surface area contributed by atoms with Crippen molar-refractivity contribution in [2.45, 2.75) is 37.1 Å². The Kier molecular flexibility index (Phi) is 4.53. The summed E-state index contributed by atoms with van der Waals surface area (Å²) in [6, 6.07) is 15.2. The van der Waals surface area contributed by atoms with Gasteiger partial charge in [-0.15, -0.1) is 4.40 Å². The summed E-state index contributed by atoms with van der Waals surface area (Å²) in [4.78, 5) is 2.22. The van der Waals surface area contributed by atoms with Gasteiger partial charge in [0, 0.05) is 18.7 Å². The lowest BCUT2D eigenvalue weighted by molar-refractivity contribution is 0.151. The third-order valence-electron chi connectivity index (χ3n) is 6.47. The van der Waals surface area contributed by atoms with Gasteiger partial charge < -0.3 is 9.64 Å². The van der Waals surface area contributed by atoms with Crippen LogP contribution in [0.3, 0.4) is 0 Å². The van der Waals surface area contributed by atoms with Gasteiger partial charge in [-0.1, -0.05) is 23.7 Å². The number of hydrogen-bond acceptors (Lipinski definition) is 5. The summed E-state index contributed by atoms with van der Waals surface area (Å²) in [6.45, 7) is 0.536. The Morgan fingerprint density at radius 3 is 2.50 bits per heavy atom. The van der Waals surface area contributed by atoms with Crippen molar-refractivity contribution >= 4 is 27.5 Å². The zero-order chi connectivity index (χ0) is 20.9. The number of amidine groups is 1. The normalized spacial score (nSPS) is 26.5. The number of benzene rings is 2. The van der Waals surface area contributed by atoms with Crippen molar-refractivity contribution in [2.75, 3.05) is 12.3 Å². The molecule has 3 fully saturated rings. The van der Waals surface area contributed by atoms with E-state index in [2.05, 4.69) is 9.30 Å². The van der Waals surface area contributed by atoms with Crippen LogP contribution in [0.25, 0.3) is 0 Å². The summed E-state index contributed by atoms with van der Waals surface area (Å²) in [6.07, 6.45) is 3.93. The van der Waals surface area contributed by atoms with Gasteiger partial charge in [0.25, 0.3) is 10.0 Å². The first-order valence-electron chi connectivity index (χ1n) is 9.98. The first-order valence-corrected chi connectivity index (χ1v) is 12.0. The zero-order valence-electron chi connectivity index (χ0n) is 16.2. The smallest absolute Gasteiger partial charge is 0.256 e. The Bertz CT molecular complexity index is 1180. The van der Waals surface area contributed by atoms with E-state index >= 15 is 0 Å². The molecule has 3 heterocycles. The Balaban J connectivity index is 1.45. The summed E-state index contributed by atoms with van der Waals surface area (Å²) >= 11 is 6.08. The SMILES string of the molecule is N#Cc1ccc(Oc2ccc(C34CCC(CC3)N3CCS(=O)(=O)N=C34)cc2)cc1Cl. The lowest BCUT2D eigenvalue weighted by Gasteiger charge is -2.55. The van der Waals surface area contributed by atoms with Crippen LogP contribution in [-0.2, 0) is 15.4 Å². The van der Waals surface area contributed by atoms with Gasteiger partial charge in [0.15, 0.2) is 0 Å². The first-order chi connectivity index (χ1) is 14.4. The van der Waals surface area contributed by atoms with E-state index in [1.165, 1.54) is 0 Å². The van der Waals surface area contributed by atoms with Crippen LogP contribution in [0.4, 0.5) is 0 Å². The minimum absolute atomic E-state index is 0.100. The quantitative estimate of drug-likeness (QED) is 0.711. The number of nitriles is 1. The summed E-state index contributed by atoms with van der Waals surface area (Å²) in [5.74, 6) is 2.03. The number of nitrogens with zero attached hydrogens (tertiary/aromatic N) is 3. The first kappa shape index (κ1) is 19.4. The molecule has 3 aliphatic heterocycles. The molecule has 0 N–H and O–H groups in total. The molecule has 0 aromatic heterocycles. The Hall–Kier alpha value is -2.56. The van der Waals surface area contributed by atoms with Crippen molar-refractivity contribution in [3.8, 4) is 17.6 Å². The maximum Gasteiger partial charge on any atom is 0.256 e. The molecular weight excluding hydrogens is 422 g/mol. The minimum atomic E-state index is -3.39. The number of fused-ring (bicyclic) bond motifs is 2. The van der Waals surface area contributed by atoms with E-state index in [9.17, 15) is 8.42 Å². The molecule has 0 spiro atoms. The summed E-state index contributed by atoms with van der Waals surface area (Å²) in [5, 5.41) is 9.34. The monoisotopic (exact) mass is 441 g/mol. The average Bonchev–Trinajstić information content (AvgIpc) is 2.74. The second kappa shape index (κ2) is 7.00. The molecule has 2 saturated heterocycles. The second-order valence-corrected chi connectivity index (χ2v) is 10.2. The summed E-state index contributed by atoms with van der Waals surface area (Å²) < 4.78 is 34.6. The highest BCUT2D eigenvalue weighted by Crippen LogP contribution is 2.49. The van der Waals surface area contributed by atoms with E-state index in [0.29, 0.717) is 34.7 Å². The zero-order valence-corrected chi connectivity index (χ0v) is 17.8. The molecule has 4 aliphatic rings. The highest BCUT2D eigenvalue weighted by molar-refractivity contribution is 7.90. The number of hydrogen-bond donors (Lipinski definition) is 0. The predicted octanol–water partition coefficient (Wildman–Crippen LogP) is 4.24. The lowest BCUT2D eigenvalue weighted by atomic mass is 9.63. The van der Waals surface area contributed by atoms with Crippen LogP contribution in [0.2, 0.25) is 5.02 Å². The number of halogens is 1. The second-order valence-electron chi connectivity index (χ2n) is 8.09. The van der Waals surface area contributed by atoms with E-state index in [-0.39, 0.29) is 11.2 Å². The molecule has 6 rings (SSSR count). The lowest BCUT2D eigenvalue weighted by Crippen LogP contribution is -2.62. The Morgan fingerprint density at radius 2 is 1.83 bits per heavy atom. The van der Waals surface area contributed by atoms with Crippen molar-refractivity contribution in [1.82, 2.24) is 4.90 Å².